The molecule has 0 amide bonds. The average Bonchev–Trinajstić information content (AvgIpc) is 2.89. The molecule has 5 heteroatoms. The zero-order valence-corrected chi connectivity index (χ0v) is 13.6. The fourth-order valence-electron chi connectivity index (χ4n) is 2.52. The number of ether oxygens (including phenoxy) is 1. The van der Waals surface area contributed by atoms with E-state index < -0.39 is 12.1 Å². The van der Waals surface area contributed by atoms with E-state index in [4.69, 9.17) is 11.2 Å². The quantitative estimate of drug-likeness (QED) is 0.547. The lowest BCUT2D eigenvalue weighted by Gasteiger charge is -2.15. The van der Waals surface area contributed by atoms with Gasteiger partial charge in [0, 0.05) is 13.2 Å². The van der Waals surface area contributed by atoms with Gasteiger partial charge in [0.1, 0.15) is 5.82 Å². The first-order valence-electron chi connectivity index (χ1n) is 7.58. The van der Waals surface area contributed by atoms with Crippen molar-refractivity contribution in [3.8, 4) is 12.3 Å². The third-order valence-corrected chi connectivity index (χ3v) is 3.91. The summed E-state index contributed by atoms with van der Waals surface area (Å²) in [7, 11) is 1.94. The lowest BCUT2D eigenvalue weighted by molar-refractivity contribution is 0.0299. The predicted molar refractivity (Wildman–Crippen MR) is 91.3 cm³/mol. The molecule has 24 heavy (non-hydrogen) atoms. The van der Waals surface area contributed by atoms with Crippen LogP contribution in [-0.4, -0.2) is 20.5 Å². The maximum absolute atomic E-state index is 12.5. The van der Waals surface area contributed by atoms with Crippen LogP contribution in [0.1, 0.15) is 34.4 Å². The summed E-state index contributed by atoms with van der Waals surface area (Å²) in [6, 6.07) is 10.8. The van der Waals surface area contributed by atoms with Gasteiger partial charge in [0.25, 0.3) is 0 Å². The Morgan fingerprint density at radius 2 is 2.21 bits per heavy atom. The van der Waals surface area contributed by atoms with Crippen LogP contribution in [0.4, 0.5) is 0 Å². The van der Waals surface area contributed by atoms with Gasteiger partial charge >= 0.3 is 5.97 Å². The highest BCUT2D eigenvalue weighted by molar-refractivity contribution is 5.93. The SMILES string of the molecule is C#CC[C@H](OC(=O)c1ccc2c(c1)nc(C)n2C)c1ccccn1. The molecule has 120 valence electrons. The van der Waals surface area contributed by atoms with E-state index >= 15 is 0 Å². The Hall–Kier alpha value is -3.13. The third-order valence-electron chi connectivity index (χ3n) is 3.91. The van der Waals surface area contributed by atoms with Gasteiger partial charge in [0.15, 0.2) is 6.10 Å². The molecule has 0 radical (unpaired) electrons. The number of hydrogen-bond acceptors (Lipinski definition) is 4. The summed E-state index contributed by atoms with van der Waals surface area (Å²) in [5, 5.41) is 0. The first-order valence-corrected chi connectivity index (χ1v) is 7.58. The molecule has 2 heterocycles. The minimum Gasteiger partial charge on any atom is -0.451 e. The van der Waals surface area contributed by atoms with Crippen LogP contribution in [0.25, 0.3) is 11.0 Å². The normalized spacial score (nSPS) is 11.9. The first kappa shape index (κ1) is 15.8. The van der Waals surface area contributed by atoms with Gasteiger partial charge in [-0.1, -0.05) is 6.07 Å². The van der Waals surface area contributed by atoms with Crippen molar-refractivity contribution in [2.75, 3.05) is 0 Å². The van der Waals surface area contributed by atoms with Crippen molar-refractivity contribution in [3.05, 3.63) is 59.7 Å². The summed E-state index contributed by atoms with van der Waals surface area (Å²) >= 11 is 0. The first-order chi connectivity index (χ1) is 11.6. The van der Waals surface area contributed by atoms with E-state index in [1.165, 1.54) is 0 Å². The van der Waals surface area contributed by atoms with Gasteiger partial charge in [-0.2, -0.15) is 0 Å². The van der Waals surface area contributed by atoms with Crippen LogP contribution < -0.4 is 0 Å². The Morgan fingerprint density at radius 3 is 2.92 bits per heavy atom. The Morgan fingerprint density at radius 1 is 1.38 bits per heavy atom. The fraction of sp³-hybridized carbons (Fsp3) is 0.211. The monoisotopic (exact) mass is 319 g/mol. The van der Waals surface area contributed by atoms with Crippen molar-refractivity contribution in [2.45, 2.75) is 19.4 Å². The molecule has 1 atom stereocenters. The number of terminal acetylenes is 1. The fourth-order valence-corrected chi connectivity index (χ4v) is 2.52. The molecule has 0 spiro atoms. The van der Waals surface area contributed by atoms with Crippen molar-refractivity contribution < 1.29 is 9.53 Å². The molecule has 0 fully saturated rings. The molecule has 0 aliphatic heterocycles. The van der Waals surface area contributed by atoms with Crippen LogP contribution in [0.5, 0.6) is 0 Å². The van der Waals surface area contributed by atoms with Crippen molar-refractivity contribution in [2.24, 2.45) is 7.05 Å². The zero-order valence-electron chi connectivity index (χ0n) is 13.6. The van der Waals surface area contributed by atoms with Crippen LogP contribution >= 0.6 is 0 Å². The van der Waals surface area contributed by atoms with Crippen LogP contribution in [0, 0.1) is 19.3 Å². The van der Waals surface area contributed by atoms with Crippen LogP contribution in [0.15, 0.2) is 42.6 Å². The molecule has 0 unspecified atom stereocenters. The number of rotatable bonds is 4. The lowest BCUT2D eigenvalue weighted by Crippen LogP contribution is -2.12. The van der Waals surface area contributed by atoms with Crippen molar-refractivity contribution in [1.82, 2.24) is 14.5 Å². The van der Waals surface area contributed by atoms with Gasteiger partial charge in [-0.05, 0) is 37.3 Å². The van der Waals surface area contributed by atoms with Gasteiger partial charge in [0.05, 0.1) is 28.7 Å². The third kappa shape index (κ3) is 2.99. The predicted octanol–water partition coefficient (Wildman–Crippen LogP) is 3.20. The minimum absolute atomic E-state index is 0.272. The van der Waals surface area contributed by atoms with Crippen molar-refractivity contribution in [3.63, 3.8) is 0 Å². The molecule has 0 aliphatic carbocycles. The highest BCUT2D eigenvalue weighted by atomic mass is 16.5. The number of fused-ring (bicyclic) bond motifs is 1. The highest BCUT2D eigenvalue weighted by Gasteiger charge is 2.19. The summed E-state index contributed by atoms with van der Waals surface area (Å²) in [5.74, 6) is 2.98. The summed E-state index contributed by atoms with van der Waals surface area (Å²) in [5.41, 5.74) is 2.81. The van der Waals surface area contributed by atoms with Gasteiger partial charge in [-0.3, -0.25) is 4.98 Å². The molecular formula is C19H17N3O2. The Balaban J connectivity index is 1.86. The Kier molecular flexibility index (Phi) is 4.30. The number of aryl methyl sites for hydroxylation is 2. The lowest BCUT2D eigenvalue weighted by atomic mass is 10.1. The van der Waals surface area contributed by atoms with Gasteiger partial charge in [0.2, 0.25) is 0 Å². The molecule has 0 N–H and O–H groups in total. The number of esters is 1. The summed E-state index contributed by atoms with van der Waals surface area (Å²) in [6.07, 6.45) is 6.75. The van der Waals surface area contributed by atoms with Gasteiger partial charge in [-0.25, -0.2) is 9.78 Å². The van der Waals surface area contributed by atoms with Crippen LogP contribution in [0.3, 0.4) is 0 Å². The number of nitrogens with zero attached hydrogens (tertiary/aromatic N) is 3. The maximum Gasteiger partial charge on any atom is 0.338 e. The molecule has 2 aromatic heterocycles. The molecule has 0 aliphatic rings. The topological polar surface area (TPSA) is 57.0 Å². The van der Waals surface area contributed by atoms with Gasteiger partial charge in [-0.15, -0.1) is 12.3 Å². The Labute approximate surface area is 140 Å². The molecule has 0 bridgehead atoms. The minimum atomic E-state index is -0.565. The summed E-state index contributed by atoms with van der Waals surface area (Å²) < 4.78 is 7.54. The number of hydrogen-bond donors (Lipinski definition) is 0. The highest BCUT2D eigenvalue weighted by Crippen LogP contribution is 2.22. The maximum atomic E-state index is 12.5. The van der Waals surface area contributed by atoms with E-state index in [9.17, 15) is 4.79 Å². The largest absolute Gasteiger partial charge is 0.451 e. The van der Waals surface area contributed by atoms with Crippen molar-refractivity contribution >= 4 is 17.0 Å². The van der Waals surface area contributed by atoms with Crippen molar-refractivity contribution in [1.29, 1.82) is 0 Å². The average molecular weight is 319 g/mol. The molecule has 5 nitrogen and oxygen atoms in total. The van der Waals surface area contributed by atoms with Crippen LogP contribution in [0.2, 0.25) is 0 Å². The molecular weight excluding hydrogens is 302 g/mol. The second-order valence-electron chi connectivity index (χ2n) is 5.48. The smallest absolute Gasteiger partial charge is 0.338 e. The number of carbonyl (C=O) groups excluding carboxylic acids is 1. The van der Waals surface area contributed by atoms with E-state index in [2.05, 4.69) is 15.9 Å². The van der Waals surface area contributed by atoms with E-state index in [1.807, 2.05) is 30.7 Å². The van der Waals surface area contributed by atoms with E-state index in [0.29, 0.717) is 11.3 Å². The second kappa shape index (κ2) is 6.55. The Bertz CT molecular complexity index is 923. The van der Waals surface area contributed by atoms with E-state index in [-0.39, 0.29) is 6.42 Å². The summed E-state index contributed by atoms with van der Waals surface area (Å²) in [6.45, 7) is 1.92. The standard InChI is InChI=1S/C19H17N3O2/c1-4-7-18(15-8-5-6-11-20-15)24-19(23)14-9-10-17-16(12-14)21-13(2)22(17)3/h1,5-6,8-12,18H,7H2,2-3H3/t18-/m0/s1. The number of carbonyl (C=O) groups is 1. The molecule has 3 rings (SSSR count). The van der Waals surface area contributed by atoms with E-state index in [0.717, 1.165) is 16.9 Å². The molecule has 0 saturated heterocycles. The molecule has 0 saturated carbocycles. The number of benzene rings is 1. The second-order valence-corrected chi connectivity index (χ2v) is 5.48. The number of aromatic nitrogens is 3. The molecule has 3 aromatic rings. The number of pyridine rings is 1. The number of imidazole rings is 1. The molecule has 1 aromatic carbocycles. The van der Waals surface area contributed by atoms with E-state index in [1.54, 1.807) is 30.5 Å². The van der Waals surface area contributed by atoms with Gasteiger partial charge < -0.3 is 9.30 Å². The zero-order chi connectivity index (χ0) is 17.1. The summed E-state index contributed by atoms with van der Waals surface area (Å²) in [4.78, 5) is 21.1. The van der Waals surface area contributed by atoms with Crippen LogP contribution in [-0.2, 0) is 11.8 Å².